The van der Waals surface area contributed by atoms with Crippen molar-refractivity contribution in [3.8, 4) is 0 Å². The quantitative estimate of drug-likeness (QED) is 0.517. The summed E-state index contributed by atoms with van der Waals surface area (Å²) in [5.74, 6) is 0.851. The van der Waals surface area contributed by atoms with Crippen molar-refractivity contribution in [1.82, 2.24) is 0 Å². The second-order valence-electron chi connectivity index (χ2n) is 4.21. The molecular weight excluding hydrogens is 196 g/mol. The van der Waals surface area contributed by atoms with Crippen molar-refractivity contribution >= 4 is 9.28 Å². The molecule has 0 bridgehead atoms. The van der Waals surface area contributed by atoms with E-state index in [1.54, 1.807) is 14.2 Å². The van der Waals surface area contributed by atoms with E-state index in [9.17, 15) is 0 Å². The van der Waals surface area contributed by atoms with Crippen molar-refractivity contribution in [3.05, 3.63) is 0 Å². The molecule has 14 heavy (non-hydrogen) atoms. The van der Waals surface area contributed by atoms with E-state index in [1.807, 2.05) is 0 Å². The minimum Gasteiger partial charge on any atom is -0.397 e. The lowest BCUT2D eigenvalue weighted by molar-refractivity contribution is 0.269. The molecule has 0 spiro atoms. The van der Waals surface area contributed by atoms with E-state index in [-0.39, 0.29) is 0 Å². The largest absolute Gasteiger partial charge is 0.397 e. The van der Waals surface area contributed by atoms with E-state index in [4.69, 9.17) is 13.6 Å². The Labute approximate surface area is 87.6 Å². The first-order valence-corrected chi connectivity index (χ1v) is 6.95. The molecule has 0 aromatic carbocycles. The van der Waals surface area contributed by atoms with Gasteiger partial charge in [-0.25, -0.2) is 0 Å². The number of hydrogen-bond acceptors (Lipinski definition) is 3. The highest BCUT2D eigenvalue weighted by atomic mass is 28.3. The van der Waals surface area contributed by atoms with Crippen molar-refractivity contribution in [3.63, 3.8) is 0 Å². The highest BCUT2D eigenvalue weighted by Crippen LogP contribution is 2.41. The predicted molar refractivity (Wildman–Crippen MR) is 55.2 cm³/mol. The summed E-state index contributed by atoms with van der Waals surface area (Å²) in [7, 11) is 2.53. The summed E-state index contributed by atoms with van der Waals surface area (Å²) in [6.07, 6.45) is 6.37. The molecular formula is C10H19O3Si. The zero-order chi connectivity index (χ0) is 9.97. The molecule has 1 saturated heterocycles. The molecule has 3 atom stereocenters. The molecule has 81 valence electrons. The number of ether oxygens (including phenoxy) is 1. The SMILES string of the molecule is CO[Si](CCC1CCC2OC2C1)OC. The zero-order valence-electron chi connectivity index (χ0n) is 8.99. The van der Waals surface area contributed by atoms with Crippen LogP contribution in [0.2, 0.25) is 6.04 Å². The van der Waals surface area contributed by atoms with Gasteiger partial charge >= 0.3 is 9.28 Å². The number of rotatable bonds is 5. The second kappa shape index (κ2) is 4.75. The third-order valence-corrected chi connectivity index (χ3v) is 4.93. The molecule has 2 fully saturated rings. The molecule has 1 aliphatic carbocycles. The Hall–Kier alpha value is 0.0969. The van der Waals surface area contributed by atoms with Gasteiger partial charge in [0.25, 0.3) is 0 Å². The Kier molecular flexibility index (Phi) is 3.60. The summed E-state index contributed by atoms with van der Waals surface area (Å²) in [6.45, 7) is 0. The Morgan fingerprint density at radius 3 is 2.64 bits per heavy atom. The minimum absolute atomic E-state index is 0.606. The van der Waals surface area contributed by atoms with Gasteiger partial charge in [-0.05, 0) is 37.6 Å². The maximum Gasteiger partial charge on any atom is 0.384 e. The predicted octanol–water partition coefficient (Wildman–Crippen LogP) is 1.72. The van der Waals surface area contributed by atoms with Crippen LogP contribution in [-0.2, 0) is 13.6 Å². The van der Waals surface area contributed by atoms with Crippen LogP contribution in [0.3, 0.4) is 0 Å². The number of epoxide rings is 1. The van der Waals surface area contributed by atoms with Crippen molar-refractivity contribution < 1.29 is 13.6 Å². The van der Waals surface area contributed by atoms with Crippen LogP contribution in [0.15, 0.2) is 0 Å². The summed E-state index contributed by atoms with van der Waals surface area (Å²) < 4.78 is 16.1. The third-order valence-electron chi connectivity index (χ3n) is 3.32. The van der Waals surface area contributed by atoms with E-state index >= 15 is 0 Å². The smallest absolute Gasteiger partial charge is 0.384 e. The summed E-state index contributed by atoms with van der Waals surface area (Å²) in [6, 6.07) is 1.11. The van der Waals surface area contributed by atoms with Crippen molar-refractivity contribution in [2.45, 2.75) is 43.9 Å². The van der Waals surface area contributed by atoms with Crippen LogP contribution in [0.1, 0.15) is 25.7 Å². The van der Waals surface area contributed by atoms with Gasteiger partial charge in [-0.1, -0.05) is 0 Å². The van der Waals surface area contributed by atoms with Crippen LogP contribution in [-0.4, -0.2) is 35.7 Å². The van der Waals surface area contributed by atoms with Gasteiger partial charge in [-0.15, -0.1) is 0 Å². The molecule has 3 unspecified atom stereocenters. The van der Waals surface area contributed by atoms with Gasteiger partial charge in [-0.2, -0.15) is 0 Å². The fraction of sp³-hybridized carbons (Fsp3) is 1.00. The maximum absolute atomic E-state index is 5.51. The Bertz CT molecular complexity index is 184. The molecule has 3 nitrogen and oxygen atoms in total. The first kappa shape index (κ1) is 10.6. The fourth-order valence-electron chi connectivity index (χ4n) is 2.36. The average Bonchev–Trinajstić information content (AvgIpc) is 2.97. The maximum atomic E-state index is 5.51. The van der Waals surface area contributed by atoms with Gasteiger partial charge in [0, 0.05) is 14.2 Å². The summed E-state index contributed by atoms with van der Waals surface area (Å²) in [5, 5.41) is 0. The van der Waals surface area contributed by atoms with Gasteiger partial charge in [0.05, 0.1) is 12.2 Å². The van der Waals surface area contributed by atoms with Crippen molar-refractivity contribution in [2.24, 2.45) is 5.92 Å². The van der Waals surface area contributed by atoms with Gasteiger partial charge in [-0.3, -0.25) is 0 Å². The van der Waals surface area contributed by atoms with E-state index in [1.165, 1.54) is 25.7 Å². The molecule has 0 aromatic heterocycles. The fourth-order valence-corrected chi connectivity index (χ4v) is 3.58. The van der Waals surface area contributed by atoms with Crippen LogP contribution < -0.4 is 0 Å². The molecule has 1 heterocycles. The van der Waals surface area contributed by atoms with Crippen molar-refractivity contribution in [2.75, 3.05) is 14.2 Å². The van der Waals surface area contributed by atoms with Crippen molar-refractivity contribution in [1.29, 1.82) is 0 Å². The van der Waals surface area contributed by atoms with Crippen LogP contribution >= 0.6 is 0 Å². The topological polar surface area (TPSA) is 31.0 Å². The number of hydrogen-bond donors (Lipinski definition) is 0. The molecule has 1 aliphatic heterocycles. The second-order valence-corrected chi connectivity index (χ2v) is 6.27. The molecule has 2 aliphatic rings. The normalized spacial score (nSPS) is 35.8. The van der Waals surface area contributed by atoms with Crippen LogP contribution in [0, 0.1) is 5.92 Å². The first-order valence-electron chi connectivity index (χ1n) is 5.42. The first-order chi connectivity index (χ1) is 6.83. The van der Waals surface area contributed by atoms with E-state index in [0.29, 0.717) is 12.2 Å². The molecule has 1 radical (unpaired) electrons. The van der Waals surface area contributed by atoms with Crippen LogP contribution in [0.4, 0.5) is 0 Å². The van der Waals surface area contributed by atoms with Gasteiger partial charge in [0.15, 0.2) is 0 Å². The standard InChI is InChI=1S/C10H19O3Si/c1-11-14(12-2)6-5-8-3-4-9-10(7-8)13-9/h8-10H,3-7H2,1-2H3. The Balaban J connectivity index is 1.64. The van der Waals surface area contributed by atoms with Crippen LogP contribution in [0.5, 0.6) is 0 Å². The van der Waals surface area contributed by atoms with Gasteiger partial charge in [0.2, 0.25) is 0 Å². The third kappa shape index (κ3) is 2.57. The Morgan fingerprint density at radius 2 is 2.00 bits per heavy atom. The molecule has 0 aromatic rings. The van der Waals surface area contributed by atoms with Gasteiger partial charge in [0.1, 0.15) is 0 Å². The van der Waals surface area contributed by atoms with E-state index in [0.717, 1.165) is 12.0 Å². The lowest BCUT2D eigenvalue weighted by Crippen LogP contribution is -2.21. The highest BCUT2D eigenvalue weighted by Gasteiger charge is 2.43. The average molecular weight is 215 g/mol. The lowest BCUT2D eigenvalue weighted by Gasteiger charge is -2.19. The monoisotopic (exact) mass is 215 g/mol. The molecule has 0 N–H and O–H groups in total. The summed E-state index contributed by atoms with van der Waals surface area (Å²) in [5.41, 5.74) is 0. The molecule has 4 heteroatoms. The summed E-state index contributed by atoms with van der Waals surface area (Å²) in [4.78, 5) is 0. The van der Waals surface area contributed by atoms with Crippen LogP contribution in [0.25, 0.3) is 0 Å². The molecule has 0 amide bonds. The zero-order valence-corrected chi connectivity index (χ0v) is 9.99. The number of fused-ring (bicyclic) bond motifs is 1. The minimum atomic E-state index is -0.967. The van der Waals surface area contributed by atoms with E-state index in [2.05, 4.69) is 0 Å². The molecule has 1 saturated carbocycles. The van der Waals surface area contributed by atoms with E-state index < -0.39 is 9.28 Å². The highest BCUT2D eigenvalue weighted by molar-refractivity contribution is 6.44. The lowest BCUT2D eigenvalue weighted by atomic mass is 9.88. The molecule has 2 rings (SSSR count). The van der Waals surface area contributed by atoms with Gasteiger partial charge < -0.3 is 13.6 Å². The summed E-state index contributed by atoms with van der Waals surface area (Å²) >= 11 is 0. The Morgan fingerprint density at radius 1 is 1.21 bits per heavy atom.